The van der Waals surface area contributed by atoms with Gasteiger partial charge in [-0.1, -0.05) is 57.2 Å². The van der Waals surface area contributed by atoms with E-state index in [0.717, 1.165) is 17.8 Å². The highest BCUT2D eigenvalue weighted by atomic mass is 16.2. The summed E-state index contributed by atoms with van der Waals surface area (Å²) in [7, 11) is 0. The number of hydrogen-bond donors (Lipinski definition) is 1. The molecule has 186 valence electrons. The molecular formula is C28H36N4O3. The number of piperazine rings is 1. The average molecular weight is 477 g/mol. The number of amides is 4. The highest BCUT2D eigenvalue weighted by Crippen LogP contribution is 2.35. The van der Waals surface area contributed by atoms with E-state index in [4.69, 9.17) is 0 Å². The Balaban J connectivity index is 1.56. The second-order valence-corrected chi connectivity index (χ2v) is 9.95. The number of benzene rings is 2. The zero-order chi connectivity index (χ0) is 25.0. The van der Waals surface area contributed by atoms with Crippen molar-refractivity contribution in [3.05, 3.63) is 60.7 Å². The van der Waals surface area contributed by atoms with Gasteiger partial charge in [0, 0.05) is 19.6 Å². The molecule has 2 aromatic rings. The van der Waals surface area contributed by atoms with E-state index in [2.05, 4.69) is 19.2 Å². The van der Waals surface area contributed by atoms with Crippen molar-refractivity contribution >= 4 is 29.2 Å². The number of anilines is 2. The molecule has 0 radical (unpaired) electrons. The van der Waals surface area contributed by atoms with Crippen LogP contribution in [0.4, 0.5) is 16.2 Å². The van der Waals surface area contributed by atoms with Crippen LogP contribution >= 0.6 is 0 Å². The lowest BCUT2D eigenvalue weighted by Gasteiger charge is -2.52. The van der Waals surface area contributed by atoms with Crippen LogP contribution in [0.15, 0.2) is 60.7 Å². The van der Waals surface area contributed by atoms with Crippen LogP contribution in [0.2, 0.25) is 0 Å². The highest BCUT2D eigenvalue weighted by molar-refractivity contribution is 6.01. The van der Waals surface area contributed by atoms with Gasteiger partial charge in [-0.2, -0.15) is 0 Å². The van der Waals surface area contributed by atoms with E-state index in [0.29, 0.717) is 44.8 Å². The fourth-order valence-corrected chi connectivity index (χ4v) is 5.29. The lowest BCUT2D eigenvalue weighted by molar-refractivity contribution is -0.161. The first-order valence-corrected chi connectivity index (χ1v) is 12.7. The summed E-state index contributed by atoms with van der Waals surface area (Å²) in [4.78, 5) is 45.9. The van der Waals surface area contributed by atoms with Crippen LogP contribution in [0.25, 0.3) is 0 Å². The van der Waals surface area contributed by atoms with Crippen molar-refractivity contribution in [3.63, 3.8) is 0 Å². The van der Waals surface area contributed by atoms with Gasteiger partial charge in [0.15, 0.2) is 0 Å². The van der Waals surface area contributed by atoms with Crippen LogP contribution in [0.3, 0.4) is 0 Å². The number of nitrogens with zero attached hydrogens (tertiary/aromatic N) is 3. The number of piperidine rings is 1. The van der Waals surface area contributed by atoms with Crippen LogP contribution in [0, 0.1) is 5.92 Å². The second kappa shape index (κ2) is 10.5. The summed E-state index contributed by atoms with van der Waals surface area (Å²) in [5.74, 6) is 0.240. The van der Waals surface area contributed by atoms with E-state index >= 15 is 0 Å². The van der Waals surface area contributed by atoms with Gasteiger partial charge < -0.3 is 15.1 Å². The Kier molecular flexibility index (Phi) is 7.43. The van der Waals surface area contributed by atoms with Crippen LogP contribution < -0.4 is 10.2 Å². The van der Waals surface area contributed by atoms with Gasteiger partial charge in [0.25, 0.3) is 0 Å². The smallest absolute Gasteiger partial charge is 0.329 e. The van der Waals surface area contributed by atoms with Crippen molar-refractivity contribution in [2.45, 2.75) is 58.0 Å². The van der Waals surface area contributed by atoms with Gasteiger partial charge in [-0.15, -0.1) is 0 Å². The maximum atomic E-state index is 13.8. The summed E-state index contributed by atoms with van der Waals surface area (Å²) in [5, 5.41) is 3.02. The first kappa shape index (κ1) is 24.8. The SMILES string of the molecule is CCCN1C(=O)C(CC(C)C)NC(=O)C12CCN(C(=O)N(c1ccccc1)c1ccccc1)CC2. The van der Waals surface area contributed by atoms with Gasteiger partial charge in [-0.3, -0.25) is 14.5 Å². The van der Waals surface area contributed by atoms with Gasteiger partial charge in [-0.25, -0.2) is 4.79 Å². The van der Waals surface area contributed by atoms with Gasteiger partial charge in [-0.05, 0) is 55.9 Å². The monoisotopic (exact) mass is 476 g/mol. The second-order valence-electron chi connectivity index (χ2n) is 9.95. The molecule has 1 atom stereocenters. The number of nitrogens with one attached hydrogen (secondary N) is 1. The van der Waals surface area contributed by atoms with Crippen molar-refractivity contribution in [2.75, 3.05) is 24.5 Å². The third-order valence-corrected chi connectivity index (χ3v) is 7.04. The standard InChI is InChI=1S/C28H36N4O3/c1-4-17-31-25(33)24(20-21(2)3)29-26(34)28(31)15-18-30(19-16-28)27(35)32(22-11-7-5-8-12-22)23-13-9-6-10-14-23/h5-14,21,24H,4,15-20H2,1-3H3,(H,29,34). The van der Waals surface area contributed by atoms with Crippen LogP contribution in [0.1, 0.15) is 46.5 Å². The average Bonchev–Trinajstić information content (AvgIpc) is 2.87. The summed E-state index contributed by atoms with van der Waals surface area (Å²) >= 11 is 0. The summed E-state index contributed by atoms with van der Waals surface area (Å²) in [6, 6.07) is 18.6. The van der Waals surface area contributed by atoms with Crippen molar-refractivity contribution in [1.82, 2.24) is 15.1 Å². The Morgan fingerprint density at radius 3 is 2.03 bits per heavy atom. The number of urea groups is 1. The minimum absolute atomic E-state index is 0.00937. The number of carbonyl (C=O) groups is 3. The first-order chi connectivity index (χ1) is 16.9. The third kappa shape index (κ3) is 4.90. The van der Waals surface area contributed by atoms with Gasteiger partial charge in [0.1, 0.15) is 11.6 Å². The fraction of sp³-hybridized carbons (Fsp3) is 0.464. The van der Waals surface area contributed by atoms with E-state index in [1.165, 1.54) is 0 Å². The maximum Gasteiger partial charge on any atom is 0.329 e. The normalized spacial score (nSPS) is 19.7. The Morgan fingerprint density at radius 1 is 1.00 bits per heavy atom. The van der Waals surface area contributed by atoms with Crippen molar-refractivity contribution in [3.8, 4) is 0 Å². The van der Waals surface area contributed by atoms with Crippen LogP contribution in [-0.4, -0.2) is 58.9 Å². The van der Waals surface area contributed by atoms with E-state index in [9.17, 15) is 14.4 Å². The maximum absolute atomic E-state index is 13.8. The molecule has 1 unspecified atom stereocenters. The number of hydrogen-bond acceptors (Lipinski definition) is 3. The fourth-order valence-electron chi connectivity index (χ4n) is 5.29. The lowest BCUT2D eigenvalue weighted by atomic mass is 9.81. The summed E-state index contributed by atoms with van der Waals surface area (Å²) in [6.07, 6.45) is 2.28. The van der Waals surface area contributed by atoms with Crippen molar-refractivity contribution in [2.24, 2.45) is 5.92 Å². The molecule has 35 heavy (non-hydrogen) atoms. The molecule has 7 nitrogen and oxygen atoms in total. The van der Waals surface area contributed by atoms with Gasteiger partial charge in [0.05, 0.1) is 11.4 Å². The molecule has 0 bridgehead atoms. The van der Waals surface area contributed by atoms with Crippen LogP contribution in [0.5, 0.6) is 0 Å². The summed E-state index contributed by atoms with van der Waals surface area (Å²) in [6.45, 7) is 7.51. The molecule has 1 spiro atoms. The topological polar surface area (TPSA) is 73.0 Å². The molecule has 0 saturated carbocycles. The molecule has 7 heteroatoms. The molecule has 2 aliphatic heterocycles. The van der Waals surface area contributed by atoms with E-state index < -0.39 is 11.6 Å². The Bertz CT molecular complexity index is 993. The Hall–Kier alpha value is -3.35. The van der Waals surface area contributed by atoms with E-state index in [1.807, 2.05) is 72.5 Å². The van der Waals surface area contributed by atoms with Gasteiger partial charge in [0.2, 0.25) is 11.8 Å². The minimum atomic E-state index is -0.887. The molecule has 0 aromatic heterocycles. The zero-order valence-electron chi connectivity index (χ0n) is 20.9. The predicted molar refractivity (Wildman–Crippen MR) is 137 cm³/mol. The van der Waals surface area contributed by atoms with Crippen molar-refractivity contribution in [1.29, 1.82) is 0 Å². The lowest BCUT2D eigenvalue weighted by Crippen LogP contribution is -2.73. The quantitative estimate of drug-likeness (QED) is 0.664. The molecule has 4 amide bonds. The molecule has 2 aromatic carbocycles. The minimum Gasteiger partial charge on any atom is -0.342 e. The van der Waals surface area contributed by atoms with Crippen molar-refractivity contribution < 1.29 is 14.4 Å². The first-order valence-electron chi connectivity index (χ1n) is 12.7. The number of para-hydroxylation sites is 2. The molecule has 1 N–H and O–H groups in total. The Morgan fingerprint density at radius 2 is 1.54 bits per heavy atom. The third-order valence-electron chi connectivity index (χ3n) is 7.04. The van der Waals surface area contributed by atoms with Crippen LogP contribution in [-0.2, 0) is 9.59 Å². The highest BCUT2D eigenvalue weighted by Gasteiger charge is 2.53. The van der Waals surface area contributed by atoms with E-state index in [1.54, 1.807) is 9.80 Å². The Labute approximate surface area is 208 Å². The largest absolute Gasteiger partial charge is 0.342 e. The predicted octanol–water partition coefficient (Wildman–Crippen LogP) is 4.56. The summed E-state index contributed by atoms with van der Waals surface area (Å²) < 4.78 is 0. The van der Waals surface area contributed by atoms with Gasteiger partial charge >= 0.3 is 6.03 Å². The molecule has 4 rings (SSSR count). The molecule has 2 fully saturated rings. The zero-order valence-corrected chi connectivity index (χ0v) is 20.9. The number of carbonyl (C=O) groups excluding carboxylic acids is 3. The molecule has 2 aliphatic rings. The molecule has 2 saturated heterocycles. The number of rotatable bonds is 6. The molecule has 0 aliphatic carbocycles. The molecule has 2 heterocycles. The van der Waals surface area contributed by atoms with E-state index in [-0.39, 0.29) is 17.8 Å². The summed E-state index contributed by atoms with van der Waals surface area (Å²) in [5.41, 5.74) is 0.694. The molecular weight excluding hydrogens is 440 g/mol. The number of likely N-dealkylation sites (tertiary alicyclic amines) is 1.